The van der Waals surface area contributed by atoms with Gasteiger partial charge in [-0.25, -0.2) is 4.98 Å². The van der Waals surface area contributed by atoms with Crippen molar-refractivity contribution in [3.8, 4) is 0 Å². The minimum absolute atomic E-state index is 0.546. The zero-order chi connectivity index (χ0) is 11.4. The number of halogens is 1. The summed E-state index contributed by atoms with van der Waals surface area (Å²) in [4.78, 5) is 4.15. The van der Waals surface area contributed by atoms with Crippen LogP contribution in [-0.2, 0) is 4.74 Å². The fourth-order valence-corrected chi connectivity index (χ4v) is 2.03. The lowest BCUT2D eigenvalue weighted by Crippen LogP contribution is -2.24. The molecule has 1 aromatic rings. The summed E-state index contributed by atoms with van der Waals surface area (Å²) in [6.07, 6.45) is 3.93. The fourth-order valence-electron chi connectivity index (χ4n) is 1.79. The zero-order valence-electron chi connectivity index (χ0n) is 9.08. The third kappa shape index (κ3) is 3.00. The molecule has 0 spiro atoms. The molecule has 4 nitrogen and oxygen atoms in total. The Morgan fingerprint density at radius 1 is 1.62 bits per heavy atom. The molecule has 1 aliphatic heterocycles. The van der Waals surface area contributed by atoms with Crippen molar-refractivity contribution in [2.75, 3.05) is 30.8 Å². The van der Waals surface area contributed by atoms with Crippen molar-refractivity contribution < 1.29 is 4.74 Å². The van der Waals surface area contributed by atoms with Crippen molar-refractivity contribution in [3.05, 3.63) is 17.3 Å². The Kier molecular flexibility index (Phi) is 3.85. The predicted octanol–water partition coefficient (Wildman–Crippen LogP) is 2.16. The highest BCUT2D eigenvalue weighted by atomic mass is 35.5. The van der Waals surface area contributed by atoms with Gasteiger partial charge in [0.05, 0.1) is 23.5 Å². The highest BCUT2D eigenvalue weighted by Crippen LogP contribution is 2.22. The first kappa shape index (κ1) is 11.5. The molecule has 0 saturated carbocycles. The molecular formula is C11H16ClN3O. The van der Waals surface area contributed by atoms with Gasteiger partial charge in [-0.05, 0) is 24.8 Å². The molecule has 5 heteroatoms. The number of nitrogen functional groups attached to an aromatic ring is 1. The van der Waals surface area contributed by atoms with Crippen molar-refractivity contribution in [2.24, 2.45) is 5.92 Å². The average Bonchev–Trinajstić information content (AvgIpc) is 2.29. The number of pyridine rings is 1. The number of aromatic nitrogens is 1. The third-order valence-corrected chi connectivity index (χ3v) is 2.96. The number of nitrogens with zero attached hydrogens (tertiary/aromatic N) is 1. The van der Waals surface area contributed by atoms with E-state index in [0.717, 1.165) is 26.2 Å². The Morgan fingerprint density at radius 3 is 3.19 bits per heavy atom. The second-order valence-electron chi connectivity index (χ2n) is 4.06. The van der Waals surface area contributed by atoms with Gasteiger partial charge in [0.25, 0.3) is 0 Å². The highest BCUT2D eigenvalue weighted by Gasteiger charge is 2.14. The second-order valence-corrected chi connectivity index (χ2v) is 4.47. The van der Waals surface area contributed by atoms with Gasteiger partial charge >= 0.3 is 0 Å². The quantitative estimate of drug-likeness (QED) is 0.852. The Labute approximate surface area is 100 Å². The monoisotopic (exact) mass is 241 g/mol. The summed E-state index contributed by atoms with van der Waals surface area (Å²) in [7, 11) is 0. The van der Waals surface area contributed by atoms with Crippen LogP contribution in [0, 0.1) is 5.92 Å². The van der Waals surface area contributed by atoms with Crippen LogP contribution in [0.1, 0.15) is 12.8 Å². The van der Waals surface area contributed by atoms with Gasteiger partial charge in [0.1, 0.15) is 5.82 Å². The highest BCUT2D eigenvalue weighted by molar-refractivity contribution is 6.33. The van der Waals surface area contributed by atoms with E-state index in [1.165, 1.54) is 6.42 Å². The molecular weight excluding hydrogens is 226 g/mol. The summed E-state index contributed by atoms with van der Waals surface area (Å²) in [5.74, 6) is 1.24. The zero-order valence-corrected chi connectivity index (χ0v) is 9.83. The SMILES string of the molecule is Nc1cnc(NCC2CCCOC2)c(Cl)c1. The molecule has 0 bridgehead atoms. The Hall–Kier alpha value is -1.00. The molecule has 16 heavy (non-hydrogen) atoms. The Morgan fingerprint density at radius 2 is 2.50 bits per heavy atom. The van der Waals surface area contributed by atoms with Crippen LogP contribution in [0.5, 0.6) is 0 Å². The number of hydrogen-bond donors (Lipinski definition) is 2. The van der Waals surface area contributed by atoms with Gasteiger partial charge in [-0.3, -0.25) is 0 Å². The molecule has 88 valence electrons. The largest absolute Gasteiger partial charge is 0.397 e. The molecule has 1 unspecified atom stereocenters. The van der Waals surface area contributed by atoms with Gasteiger partial charge in [0.2, 0.25) is 0 Å². The molecule has 1 saturated heterocycles. The molecule has 1 aliphatic rings. The topological polar surface area (TPSA) is 60.2 Å². The number of rotatable bonds is 3. The number of anilines is 2. The van der Waals surface area contributed by atoms with Gasteiger partial charge < -0.3 is 15.8 Å². The van der Waals surface area contributed by atoms with Crippen molar-refractivity contribution in [1.29, 1.82) is 0 Å². The first-order chi connectivity index (χ1) is 7.75. The van der Waals surface area contributed by atoms with Gasteiger partial charge in [-0.2, -0.15) is 0 Å². The lowest BCUT2D eigenvalue weighted by molar-refractivity contribution is 0.0595. The van der Waals surface area contributed by atoms with Crippen LogP contribution in [0.3, 0.4) is 0 Å². The molecule has 1 fully saturated rings. The van der Waals surface area contributed by atoms with Crippen LogP contribution < -0.4 is 11.1 Å². The molecule has 0 aliphatic carbocycles. The molecule has 0 radical (unpaired) electrons. The summed E-state index contributed by atoms with van der Waals surface area (Å²) < 4.78 is 5.41. The minimum Gasteiger partial charge on any atom is -0.397 e. The minimum atomic E-state index is 0.546. The van der Waals surface area contributed by atoms with E-state index in [4.69, 9.17) is 22.1 Å². The lowest BCUT2D eigenvalue weighted by Gasteiger charge is -2.22. The van der Waals surface area contributed by atoms with E-state index in [2.05, 4.69) is 10.3 Å². The Bertz CT molecular complexity index is 353. The Balaban J connectivity index is 1.88. The summed E-state index contributed by atoms with van der Waals surface area (Å²) in [5.41, 5.74) is 6.15. The van der Waals surface area contributed by atoms with E-state index in [1.807, 2.05) is 0 Å². The van der Waals surface area contributed by atoms with Gasteiger partial charge in [-0.1, -0.05) is 11.6 Å². The maximum Gasteiger partial charge on any atom is 0.144 e. The van der Waals surface area contributed by atoms with Gasteiger partial charge in [0.15, 0.2) is 0 Å². The van der Waals surface area contributed by atoms with E-state index in [0.29, 0.717) is 22.4 Å². The van der Waals surface area contributed by atoms with Crippen molar-refractivity contribution >= 4 is 23.1 Å². The summed E-state index contributed by atoms with van der Waals surface area (Å²) in [5, 5.41) is 3.80. The molecule has 1 aromatic heterocycles. The normalized spacial score (nSPS) is 20.7. The summed E-state index contributed by atoms with van der Waals surface area (Å²) in [6, 6.07) is 1.70. The smallest absolute Gasteiger partial charge is 0.144 e. The van der Waals surface area contributed by atoms with Crippen LogP contribution >= 0.6 is 11.6 Å². The van der Waals surface area contributed by atoms with Crippen molar-refractivity contribution in [1.82, 2.24) is 4.98 Å². The summed E-state index contributed by atoms with van der Waals surface area (Å²) >= 11 is 6.01. The maximum atomic E-state index is 6.01. The molecule has 0 amide bonds. The van der Waals surface area contributed by atoms with Crippen LogP contribution in [-0.4, -0.2) is 24.7 Å². The molecule has 2 heterocycles. The van der Waals surface area contributed by atoms with Crippen LogP contribution in [0.15, 0.2) is 12.3 Å². The molecule has 2 rings (SSSR count). The first-order valence-electron chi connectivity index (χ1n) is 5.48. The molecule has 0 aromatic carbocycles. The van der Waals surface area contributed by atoms with Crippen LogP contribution in [0.25, 0.3) is 0 Å². The van der Waals surface area contributed by atoms with Crippen molar-refractivity contribution in [2.45, 2.75) is 12.8 Å². The third-order valence-electron chi connectivity index (χ3n) is 2.68. The average molecular weight is 242 g/mol. The van der Waals surface area contributed by atoms with Gasteiger partial charge in [0, 0.05) is 13.2 Å². The van der Waals surface area contributed by atoms with Crippen LogP contribution in [0.2, 0.25) is 5.02 Å². The maximum absolute atomic E-state index is 6.01. The van der Waals surface area contributed by atoms with E-state index >= 15 is 0 Å². The standard InChI is InChI=1S/C11H16ClN3O/c12-10-4-9(13)6-15-11(10)14-5-8-2-1-3-16-7-8/h4,6,8H,1-3,5,7,13H2,(H,14,15). The van der Waals surface area contributed by atoms with E-state index in [-0.39, 0.29) is 0 Å². The van der Waals surface area contributed by atoms with E-state index in [1.54, 1.807) is 12.3 Å². The fraction of sp³-hybridized carbons (Fsp3) is 0.545. The molecule has 1 atom stereocenters. The van der Waals surface area contributed by atoms with Crippen molar-refractivity contribution in [3.63, 3.8) is 0 Å². The summed E-state index contributed by atoms with van der Waals surface area (Å²) in [6.45, 7) is 2.55. The number of ether oxygens (including phenoxy) is 1. The lowest BCUT2D eigenvalue weighted by atomic mass is 10.0. The van der Waals surface area contributed by atoms with Gasteiger partial charge in [-0.15, -0.1) is 0 Å². The number of hydrogen-bond acceptors (Lipinski definition) is 4. The number of nitrogens with one attached hydrogen (secondary N) is 1. The van der Waals surface area contributed by atoms with Crippen LogP contribution in [0.4, 0.5) is 11.5 Å². The van der Waals surface area contributed by atoms with E-state index in [9.17, 15) is 0 Å². The number of nitrogens with two attached hydrogens (primary N) is 1. The predicted molar refractivity (Wildman–Crippen MR) is 65.7 cm³/mol. The molecule has 3 N–H and O–H groups in total. The second kappa shape index (κ2) is 5.37. The van der Waals surface area contributed by atoms with E-state index < -0.39 is 0 Å². The first-order valence-corrected chi connectivity index (χ1v) is 5.86.